The Morgan fingerprint density at radius 2 is 2.14 bits per heavy atom. The Bertz CT molecular complexity index is 227. The molecule has 0 aromatic heterocycles. The van der Waals surface area contributed by atoms with Gasteiger partial charge in [-0.15, -0.1) is 0 Å². The van der Waals surface area contributed by atoms with Crippen molar-refractivity contribution in [1.82, 2.24) is 5.32 Å². The van der Waals surface area contributed by atoms with Crippen LogP contribution in [0, 0.1) is 0 Å². The first-order valence-electron chi connectivity index (χ1n) is 4.72. The second-order valence-electron chi connectivity index (χ2n) is 3.15. The van der Waals surface area contributed by atoms with Crippen LogP contribution in [0.1, 0.15) is 20.3 Å². The van der Waals surface area contributed by atoms with E-state index in [4.69, 9.17) is 9.29 Å². The van der Waals surface area contributed by atoms with Crippen molar-refractivity contribution in [2.45, 2.75) is 26.3 Å². The fraction of sp³-hybridized carbons (Fsp3) is 1.00. The van der Waals surface area contributed by atoms with Crippen LogP contribution in [0.5, 0.6) is 0 Å². The molecule has 0 bridgehead atoms. The molecule has 0 aliphatic heterocycles. The van der Waals surface area contributed by atoms with Gasteiger partial charge in [-0.3, -0.25) is 4.55 Å². The molecule has 14 heavy (non-hydrogen) atoms. The van der Waals surface area contributed by atoms with Crippen LogP contribution >= 0.6 is 0 Å². The summed E-state index contributed by atoms with van der Waals surface area (Å²) < 4.78 is 34.3. The van der Waals surface area contributed by atoms with Crippen molar-refractivity contribution in [2.24, 2.45) is 0 Å². The second kappa shape index (κ2) is 7.17. The van der Waals surface area contributed by atoms with E-state index in [1.807, 2.05) is 13.8 Å². The standard InChI is InChI=1S/C8H19NO4S/c1-3-13-7-8(2)9-5-4-6-14(10,11)12/h8-9H,3-7H2,1-2H3,(H,10,11,12). The molecule has 5 nitrogen and oxygen atoms in total. The zero-order valence-corrected chi connectivity index (χ0v) is 9.51. The smallest absolute Gasteiger partial charge is 0.264 e. The average Bonchev–Trinajstić information content (AvgIpc) is 2.07. The van der Waals surface area contributed by atoms with Gasteiger partial charge in [-0.25, -0.2) is 0 Å². The van der Waals surface area contributed by atoms with E-state index in [0.29, 0.717) is 26.2 Å². The average molecular weight is 225 g/mol. The monoisotopic (exact) mass is 225 g/mol. The molecule has 0 aliphatic rings. The second-order valence-corrected chi connectivity index (χ2v) is 4.73. The van der Waals surface area contributed by atoms with Gasteiger partial charge in [0.1, 0.15) is 0 Å². The summed E-state index contributed by atoms with van der Waals surface area (Å²) in [6.45, 7) is 5.74. The number of ether oxygens (including phenoxy) is 1. The molecular formula is C8H19NO4S. The van der Waals surface area contributed by atoms with E-state index in [1.54, 1.807) is 0 Å². The first kappa shape index (κ1) is 13.8. The fourth-order valence-corrected chi connectivity index (χ4v) is 1.47. The van der Waals surface area contributed by atoms with Crippen LogP contribution in [0.15, 0.2) is 0 Å². The van der Waals surface area contributed by atoms with E-state index in [-0.39, 0.29) is 11.8 Å². The van der Waals surface area contributed by atoms with Gasteiger partial charge in [0.25, 0.3) is 10.1 Å². The van der Waals surface area contributed by atoms with E-state index in [1.165, 1.54) is 0 Å². The molecule has 0 amide bonds. The van der Waals surface area contributed by atoms with E-state index < -0.39 is 10.1 Å². The first-order chi connectivity index (χ1) is 6.45. The molecule has 0 fully saturated rings. The molecule has 0 saturated heterocycles. The Kier molecular flexibility index (Phi) is 7.08. The highest BCUT2D eigenvalue weighted by atomic mass is 32.2. The summed E-state index contributed by atoms with van der Waals surface area (Å²) in [5, 5.41) is 3.09. The van der Waals surface area contributed by atoms with Crippen molar-refractivity contribution >= 4 is 10.1 Å². The quantitative estimate of drug-likeness (QED) is 0.458. The lowest BCUT2D eigenvalue weighted by Gasteiger charge is -2.12. The number of hydrogen-bond donors (Lipinski definition) is 2. The molecule has 0 aromatic rings. The summed E-state index contributed by atoms with van der Waals surface area (Å²) in [6, 6.07) is 0.205. The Balaban J connectivity index is 3.36. The molecule has 0 aromatic carbocycles. The Morgan fingerprint density at radius 3 is 2.64 bits per heavy atom. The predicted molar refractivity (Wildman–Crippen MR) is 55.0 cm³/mol. The van der Waals surface area contributed by atoms with E-state index in [2.05, 4.69) is 5.32 Å². The molecule has 6 heteroatoms. The molecule has 1 atom stereocenters. The third-order valence-corrected chi connectivity index (χ3v) is 2.45. The van der Waals surface area contributed by atoms with Gasteiger partial charge in [-0.1, -0.05) is 0 Å². The largest absolute Gasteiger partial charge is 0.380 e. The van der Waals surface area contributed by atoms with Crippen LogP contribution in [-0.4, -0.2) is 44.5 Å². The van der Waals surface area contributed by atoms with Gasteiger partial charge >= 0.3 is 0 Å². The zero-order valence-electron chi connectivity index (χ0n) is 8.69. The molecule has 0 saturated carbocycles. The van der Waals surface area contributed by atoms with Crippen molar-refractivity contribution in [1.29, 1.82) is 0 Å². The third-order valence-electron chi connectivity index (χ3n) is 1.64. The van der Waals surface area contributed by atoms with Crippen LogP contribution < -0.4 is 5.32 Å². The maximum Gasteiger partial charge on any atom is 0.264 e. The lowest BCUT2D eigenvalue weighted by atomic mass is 10.3. The summed E-state index contributed by atoms with van der Waals surface area (Å²) in [6.07, 6.45) is 0.412. The number of rotatable bonds is 8. The molecule has 86 valence electrons. The van der Waals surface area contributed by atoms with Gasteiger partial charge < -0.3 is 10.1 Å². The van der Waals surface area contributed by atoms with Crippen LogP contribution in [0.3, 0.4) is 0 Å². The predicted octanol–water partition coefficient (Wildman–Crippen LogP) is 0.279. The van der Waals surface area contributed by atoms with Crippen molar-refractivity contribution in [3.05, 3.63) is 0 Å². The van der Waals surface area contributed by atoms with Crippen LogP contribution in [0.2, 0.25) is 0 Å². The molecule has 1 unspecified atom stereocenters. The molecule has 0 rings (SSSR count). The highest BCUT2D eigenvalue weighted by Gasteiger charge is 2.04. The highest BCUT2D eigenvalue weighted by molar-refractivity contribution is 7.85. The summed E-state index contributed by atoms with van der Waals surface area (Å²) in [5.74, 6) is -0.193. The fourth-order valence-electron chi connectivity index (χ4n) is 0.957. The number of hydrogen-bond acceptors (Lipinski definition) is 4. The van der Waals surface area contributed by atoms with Gasteiger partial charge in [0.15, 0.2) is 0 Å². The Labute approximate surface area is 85.6 Å². The first-order valence-corrected chi connectivity index (χ1v) is 6.33. The lowest BCUT2D eigenvalue weighted by molar-refractivity contribution is 0.127. The minimum Gasteiger partial charge on any atom is -0.380 e. The lowest BCUT2D eigenvalue weighted by Crippen LogP contribution is -2.32. The highest BCUT2D eigenvalue weighted by Crippen LogP contribution is 1.89. The van der Waals surface area contributed by atoms with Crippen molar-refractivity contribution in [3.63, 3.8) is 0 Å². The summed E-state index contributed by atoms with van der Waals surface area (Å²) in [7, 11) is -3.81. The van der Waals surface area contributed by atoms with Gasteiger partial charge in [-0.05, 0) is 26.8 Å². The summed E-state index contributed by atoms with van der Waals surface area (Å²) in [5.41, 5.74) is 0. The van der Waals surface area contributed by atoms with Gasteiger partial charge in [-0.2, -0.15) is 8.42 Å². The van der Waals surface area contributed by atoms with Crippen molar-refractivity contribution < 1.29 is 17.7 Å². The Hall–Kier alpha value is -0.170. The SMILES string of the molecule is CCOCC(C)NCCCS(=O)(=O)O. The summed E-state index contributed by atoms with van der Waals surface area (Å²) >= 11 is 0. The van der Waals surface area contributed by atoms with E-state index >= 15 is 0 Å². The van der Waals surface area contributed by atoms with Gasteiger partial charge in [0.2, 0.25) is 0 Å². The molecule has 2 N–H and O–H groups in total. The van der Waals surface area contributed by atoms with Crippen molar-refractivity contribution in [3.8, 4) is 0 Å². The molecule has 0 aliphatic carbocycles. The molecule has 0 radical (unpaired) electrons. The van der Waals surface area contributed by atoms with Gasteiger partial charge in [0.05, 0.1) is 12.4 Å². The van der Waals surface area contributed by atoms with Crippen molar-refractivity contribution in [2.75, 3.05) is 25.5 Å². The minimum absolute atomic E-state index is 0.193. The van der Waals surface area contributed by atoms with Crippen LogP contribution in [0.25, 0.3) is 0 Å². The zero-order chi connectivity index (χ0) is 11.0. The van der Waals surface area contributed by atoms with Crippen LogP contribution in [0.4, 0.5) is 0 Å². The van der Waals surface area contributed by atoms with E-state index in [9.17, 15) is 8.42 Å². The van der Waals surface area contributed by atoms with E-state index in [0.717, 1.165) is 0 Å². The molecule has 0 spiro atoms. The topological polar surface area (TPSA) is 75.6 Å². The summed E-state index contributed by atoms with van der Waals surface area (Å²) in [4.78, 5) is 0. The Morgan fingerprint density at radius 1 is 1.50 bits per heavy atom. The van der Waals surface area contributed by atoms with Gasteiger partial charge in [0, 0.05) is 12.6 Å². The third kappa shape index (κ3) is 9.91. The molecular weight excluding hydrogens is 206 g/mol. The minimum atomic E-state index is -3.81. The normalized spacial score (nSPS) is 14.2. The van der Waals surface area contributed by atoms with Crippen LogP contribution in [-0.2, 0) is 14.9 Å². The molecule has 0 heterocycles. The maximum atomic E-state index is 10.4. The number of nitrogens with one attached hydrogen (secondary N) is 1. The maximum absolute atomic E-state index is 10.4.